The topological polar surface area (TPSA) is 71.9 Å². The lowest BCUT2D eigenvalue weighted by Gasteiger charge is -2.32. The highest BCUT2D eigenvalue weighted by Crippen LogP contribution is 2.30. The van der Waals surface area contributed by atoms with Gasteiger partial charge in [-0.25, -0.2) is 4.98 Å². The Kier molecular flexibility index (Phi) is 4.66. The first-order valence-corrected chi connectivity index (χ1v) is 7.73. The summed E-state index contributed by atoms with van der Waals surface area (Å²) >= 11 is 0. The fraction of sp³-hybridized carbons (Fsp3) is 0.333. The van der Waals surface area contributed by atoms with Crippen LogP contribution in [0.3, 0.4) is 0 Å². The number of hydrogen-bond acceptors (Lipinski definition) is 5. The maximum atomic E-state index is 11.6. The van der Waals surface area contributed by atoms with E-state index in [2.05, 4.69) is 9.88 Å². The third-order valence-electron chi connectivity index (χ3n) is 4.25. The molecule has 1 atom stereocenters. The van der Waals surface area contributed by atoms with Crippen LogP contribution in [-0.4, -0.2) is 41.7 Å². The third kappa shape index (κ3) is 3.19. The summed E-state index contributed by atoms with van der Waals surface area (Å²) < 4.78 is 10.4. The van der Waals surface area contributed by atoms with Gasteiger partial charge in [0.2, 0.25) is 0 Å². The lowest BCUT2D eigenvalue weighted by molar-refractivity contribution is -0.139. The molecule has 0 amide bonds. The molecule has 24 heavy (non-hydrogen) atoms. The van der Waals surface area contributed by atoms with Gasteiger partial charge in [-0.05, 0) is 23.3 Å². The normalized spacial score (nSPS) is 17.2. The van der Waals surface area contributed by atoms with Crippen molar-refractivity contribution in [1.82, 2.24) is 9.88 Å². The van der Waals surface area contributed by atoms with Gasteiger partial charge in [0.25, 0.3) is 5.88 Å². The van der Waals surface area contributed by atoms with Crippen molar-refractivity contribution in [3.8, 4) is 11.6 Å². The third-order valence-corrected chi connectivity index (χ3v) is 4.25. The molecular formula is C18H20N2O4. The minimum Gasteiger partial charge on any atom is -0.491 e. The van der Waals surface area contributed by atoms with Crippen LogP contribution in [0.4, 0.5) is 0 Å². The molecule has 0 saturated heterocycles. The lowest BCUT2D eigenvalue weighted by Crippen LogP contribution is -2.36. The smallest absolute Gasteiger partial charge is 0.312 e. The van der Waals surface area contributed by atoms with Crippen LogP contribution in [0, 0.1) is 0 Å². The Morgan fingerprint density at radius 2 is 2.04 bits per heavy atom. The van der Waals surface area contributed by atoms with Gasteiger partial charge < -0.3 is 14.6 Å². The van der Waals surface area contributed by atoms with Crippen LogP contribution in [0.25, 0.3) is 0 Å². The predicted octanol–water partition coefficient (Wildman–Crippen LogP) is 2.28. The van der Waals surface area contributed by atoms with E-state index in [9.17, 15) is 9.90 Å². The zero-order valence-corrected chi connectivity index (χ0v) is 13.7. The van der Waals surface area contributed by atoms with Gasteiger partial charge in [0.1, 0.15) is 0 Å². The van der Waals surface area contributed by atoms with Gasteiger partial charge in [0.15, 0.2) is 5.75 Å². The number of aromatic nitrogens is 1. The lowest BCUT2D eigenvalue weighted by atomic mass is 9.90. The Balaban J connectivity index is 1.83. The SMILES string of the molecule is COc1ccc(CN2Cc3ccccc3C(C(=O)O)C2)nc1OC. The molecule has 0 spiro atoms. The zero-order valence-electron chi connectivity index (χ0n) is 13.7. The molecule has 1 aliphatic heterocycles. The van der Waals surface area contributed by atoms with Crippen molar-refractivity contribution in [2.75, 3.05) is 20.8 Å². The average molecular weight is 328 g/mol. The summed E-state index contributed by atoms with van der Waals surface area (Å²) in [6, 6.07) is 11.4. The molecule has 6 heteroatoms. The average Bonchev–Trinajstić information content (AvgIpc) is 2.60. The second-order valence-electron chi connectivity index (χ2n) is 5.77. The van der Waals surface area contributed by atoms with Gasteiger partial charge in [0.05, 0.1) is 25.8 Å². The quantitative estimate of drug-likeness (QED) is 0.908. The van der Waals surface area contributed by atoms with Crippen molar-refractivity contribution in [3.05, 3.63) is 53.2 Å². The highest BCUT2D eigenvalue weighted by atomic mass is 16.5. The summed E-state index contributed by atoms with van der Waals surface area (Å²) in [5, 5.41) is 9.54. The summed E-state index contributed by atoms with van der Waals surface area (Å²) in [6.45, 7) is 1.72. The zero-order chi connectivity index (χ0) is 17.1. The number of carbonyl (C=O) groups is 1. The van der Waals surface area contributed by atoms with Gasteiger partial charge in [0, 0.05) is 19.6 Å². The van der Waals surface area contributed by atoms with Crippen LogP contribution < -0.4 is 9.47 Å². The highest BCUT2D eigenvalue weighted by Gasteiger charge is 2.30. The highest BCUT2D eigenvalue weighted by molar-refractivity contribution is 5.77. The number of fused-ring (bicyclic) bond motifs is 1. The number of carboxylic acids is 1. The van der Waals surface area contributed by atoms with E-state index in [4.69, 9.17) is 9.47 Å². The van der Waals surface area contributed by atoms with Crippen molar-refractivity contribution >= 4 is 5.97 Å². The van der Waals surface area contributed by atoms with E-state index in [0.29, 0.717) is 31.3 Å². The van der Waals surface area contributed by atoms with Gasteiger partial charge >= 0.3 is 5.97 Å². The van der Waals surface area contributed by atoms with E-state index >= 15 is 0 Å². The van der Waals surface area contributed by atoms with Crippen molar-refractivity contribution in [3.63, 3.8) is 0 Å². The molecule has 1 unspecified atom stereocenters. The maximum Gasteiger partial charge on any atom is 0.312 e. The fourth-order valence-corrected chi connectivity index (χ4v) is 3.10. The van der Waals surface area contributed by atoms with Crippen molar-refractivity contribution in [2.45, 2.75) is 19.0 Å². The molecule has 2 aromatic rings. The Morgan fingerprint density at radius 1 is 1.25 bits per heavy atom. The van der Waals surface area contributed by atoms with Crippen LogP contribution in [0.5, 0.6) is 11.6 Å². The monoisotopic (exact) mass is 328 g/mol. The minimum atomic E-state index is -0.799. The molecule has 0 fully saturated rings. The second-order valence-corrected chi connectivity index (χ2v) is 5.77. The molecule has 0 bridgehead atoms. The molecule has 1 aliphatic rings. The van der Waals surface area contributed by atoms with Crippen molar-refractivity contribution in [1.29, 1.82) is 0 Å². The molecule has 6 nitrogen and oxygen atoms in total. The fourth-order valence-electron chi connectivity index (χ4n) is 3.10. The number of pyridine rings is 1. The van der Waals surface area contributed by atoms with Crippen LogP contribution in [0.1, 0.15) is 22.7 Å². The van der Waals surface area contributed by atoms with E-state index in [-0.39, 0.29) is 0 Å². The first kappa shape index (κ1) is 16.3. The van der Waals surface area contributed by atoms with E-state index in [1.165, 1.54) is 0 Å². The van der Waals surface area contributed by atoms with Crippen LogP contribution >= 0.6 is 0 Å². The number of aliphatic carboxylic acids is 1. The molecule has 1 aromatic heterocycles. The van der Waals surface area contributed by atoms with E-state index in [1.807, 2.05) is 36.4 Å². The molecule has 126 valence electrons. The Hall–Kier alpha value is -2.60. The molecule has 1 N–H and O–H groups in total. The largest absolute Gasteiger partial charge is 0.491 e. The molecule has 2 heterocycles. The molecule has 0 radical (unpaired) electrons. The Labute approximate surface area is 140 Å². The van der Waals surface area contributed by atoms with Crippen LogP contribution in [0.15, 0.2) is 36.4 Å². The molecular weight excluding hydrogens is 308 g/mol. The summed E-state index contributed by atoms with van der Waals surface area (Å²) in [7, 11) is 3.12. The van der Waals surface area contributed by atoms with Gasteiger partial charge in [-0.3, -0.25) is 9.69 Å². The van der Waals surface area contributed by atoms with E-state index in [0.717, 1.165) is 16.8 Å². The second kappa shape index (κ2) is 6.88. The standard InChI is InChI=1S/C18H20N2O4/c1-23-16-8-7-13(19-17(16)24-2)10-20-9-12-5-3-4-6-14(12)15(11-20)18(21)22/h3-8,15H,9-11H2,1-2H3,(H,21,22). The summed E-state index contributed by atoms with van der Waals surface area (Å²) in [4.78, 5) is 18.2. The maximum absolute atomic E-state index is 11.6. The first-order chi connectivity index (χ1) is 11.6. The van der Waals surface area contributed by atoms with Crippen LogP contribution in [0.2, 0.25) is 0 Å². The molecule has 3 rings (SSSR count). The number of rotatable bonds is 5. The van der Waals surface area contributed by atoms with Gasteiger partial charge in [-0.15, -0.1) is 0 Å². The number of methoxy groups -OCH3 is 2. The van der Waals surface area contributed by atoms with Crippen LogP contribution in [-0.2, 0) is 17.9 Å². The summed E-state index contributed by atoms with van der Waals surface area (Å²) in [5.41, 5.74) is 2.77. The van der Waals surface area contributed by atoms with Crippen molar-refractivity contribution < 1.29 is 19.4 Å². The van der Waals surface area contributed by atoms with E-state index < -0.39 is 11.9 Å². The van der Waals surface area contributed by atoms with Crippen molar-refractivity contribution in [2.24, 2.45) is 0 Å². The summed E-state index contributed by atoms with van der Waals surface area (Å²) in [5.74, 6) is -0.307. The molecule has 0 aliphatic carbocycles. The first-order valence-electron chi connectivity index (χ1n) is 7.73. The molecule has 1 aromatic carbocycles. The molecule has 0 saturated carbocycles. The Bertz CT molecular complexity index is 748. The Morgan fingerprint density at radius 3 is 2.75 bits per heavy atom. The summed E-state index contributed by atoms with van der Waals surface area (Å²) in [6.07, 6.45) is 0. The number of ether oxygens (including phenoxy) is 2. The number of nitrogens with zero attached hydrogens (tertiary/aromatic N) is 2. The number of carboxylic acid groups (broad SMARTS) is 1. The van der Waals surface area contributed by atoms with E-state index in [1.54, 1.807) is 14.2 Å². The van der Waals surface area contributed by atoms with Gasteiger partial charge in [-0.1, -0.05) is 24.3 Å². The van der Waals surface area contributed by atoms with Gasteiger partial charge in [-0.2, -0.15) is 0 Å². The number of hydrogen-bond donors (Lipinski definition) is 1. The number of benzene rings is 1. The predicted molar refractivity (Wildman–Crippen MR) is 88.3 cm³/mol. The minimum absolute atomic E-state index is 0.433.